The molecule has 0 aliphatic heterocycles. The SMILES string of the molecule is N#CCCN(CC(=O)C1CC1)Cc1cccnc1. The van der Waals surface area contributed by atoms with E-state index >= 15 is 0 Å². The summed E-state index contributed by atoms with van der Waals surface area (Å²) in [6.45, 7) is 1.79. The molecule has 1 aromatic heterocycles. The molecule has 1 aliphatic carbocycles. The number of Topliss-reactive ketones (excluding diaryl/α,β-unsaturated/α-hetero) is 1. The van der Waals surface area contributed by atoms with E-state index in [0.717, 1.165) is 18.4 Å². The van der Waals surface area contributed by atoms with Crippen LogP contribution in [0.25, 0.3) is 0 Å². The number of nitriles is 1. The first kappa shape index (κ1) is 12.7. The van der Waals surface area contributed by atoms with E-state index in [9.17, 15) is 4.79 Å². The summed E-state index contributed by atoms with van der Waals surface area (Å²) in [5.74, 6) is 0.598. The number of carbonyl (C=O) groups is 1. The second-order valence-corrected chi connectivity index (χ2v) is 4.72. The monoisotopic (exact) mass is 243 g/mol. The van der Waals surface area contributed by atoms with Crippen molar-refractivity contribution in [3.63, 3.8) is 0 Å². The van der Waals surface area contributed by atoms with Gasteiger partial charge in [0, 0.05) is 37.8 Å². The number of aromatic nitrogens is 1. The lowest BCUT2D eigenvalue weighted by Crippen LogP contribution is -2.31. The normalized spacial score (nSPS) is 14.4. The second kappa shape index (κ2) is 6.27. The summed E-state index contributed by atoms with van der Waals surface area (Å²) in [5.41, 5.74) is 1.08. The molecule has 4 nitrogen and oxygen atoms in total. The van der Waals surface area contributed by atoms with Gasteiger partial charge in [-0.2, -0.15) is 5.26 Å². The van der Waals surface area contributed by atoms with Gasteiger partial charge in [0.05, 0.1) is 12.6 Å². The predicted octanol–water partition coefficient (Wildman–Crippen LogP) is 1.78. The third-order valence-corrected chi connectivity index (χ3v) is 3.08. The zero-order valence-corrected chi connectivity index (χ0v) is 10.4. The van der Waals surface area contributed by atoms with E-state index in [1.807, 2.05) is 17.0 Å². The molecule has 1 saturated carbocycles. The van der Waals surface area contributed by atoms with E-state index < -0.39 is 0 Å². The third kappa shape index (κ3) is 3.94. The maximum atomic E-state index is 11.8. The van der Waals surface area contributed by atoms with Crippen LogP contribution in [0.2, 0.25) is 0 Å². The predicted molar refractivity (Wildman–Crippen MR) is 67.5 cm³/mol. The van der Waals surface area contributed by atoms with Crippen LogP contribution in [-0.4, -0.2) is 28.8 Å². The minimum atomic E-state index is 0.281. The van der Waals surface area contributed by atoms with Crippen molar-refractivity contribution in [1.29, 1.82) is 5.26 Å². The summed E-state index contributed by atoms with van der Waals surface area (Å²) in [4.78, 5) is 17.9. The second-order valence-electron chi connectivity index (χ2n) is 4.72. The van der Waals surface area contributed by atoms with Gasteiger partial charge in [-0.05, 0) is 24.5 Å². The molecule has 0 radical (unpaired) electrons. The highest BCUT2D eigenvalue weighted by Gasteiger charge is 2.30. The highest BCUT2D eigenvalue weighted by Crippen LogP contribution is 2.30. The molecular formula is C14H17N3O. The van der Waals surface area contributed by atoms with Crippen molar-refractivity contribution in [2.75, 3.05) is 13.1 Å². The van der Waals surface area contributed by atoms with Crippen LogP contribution < -0.4 is 0 Å². The Morgan fingerprint density at radius 1 is 1.56 bits per heavy atom. The number of nitrogens with zero attached hydrogens (tertiary/aromatic N) is 3. The third-order valence-electron chi connectivity index (χ3n) is 3.08. The number of pyridine rings is 1. The molecule has 0 saturated heterocycles. The lowest BCUT2D eigenvalue weighted by atomic mass is 10.2. The Hall–Kier alpha value is -1.73. The molecule has 1 fully saturated rings. The Kier molecular flexibility index (Phi) is 4.43. The summed E-state index contributed by atoms with van der Waals surface area (Å²) in [6, 6.07) is 6.02. The molecule has 0 spiro atoms. The van der Waals surface area contributed by atoms with Crippen molar-refractivity contribution in [2.45, 2.75) is 25.8 Å². The average molecular weight is 243 g/mol. The van der Waals surface area contributed by atoms with Gasteiger partial charge in [0.25, 0.3) is 0 Å². The summed E-state index contributed by atoms with van der Waals surface area (Å²) < 4.78 is 0. The summed E-state index contributed by atoms with van der Waals surface area (Å²) in [6.07, 6.45) is 6.08. The fourth-order valence-corrected chi connectivity index (χ4v) is 1.93. The van der Waals surface area contributed by atoms with Crippen LogP contribution in [0, 0.1) is 17.2 Å². The Bertz CT molecular complexity index is 434. The number of ketones is 1. The smallest absolute Gasteiger partial charge is 0.149 e. The number of carbonyl (C=O) groups excluding carboxylic acids is 1. The summed E-state index contributed by atoms with van der Waals surface area (Å²) >= 11 is 0. The zero-order valence-electron chi connectivity index (χ0n) is 10.4. The molecule has 0 unspecified atom stereocenters. The van der Waals surface area contributed by atoms with Gasteiger partial charge in [-0.25, -0.2) is 0 Å². The van der Waals surface area contributed by atoms with E-state index in [1.54, 1.807) is 12.4 Å². The van der Waals surface area contributed by atoms with E-state index in [2.05, 4.69) is 11.1 Å². The van der Waals surface area contributed by atoms with Gasteiger partial charge in [0.2, 0.25) is 0 Å². The van der Waals surface area contributed by atoms with Crippen molar-refractivity contribution in [3.8, 4) is 6.07 Å². The van der Waals surface area contributed by atoms with Crippen LogP contribution in [0.1, 0.15) is 24.8 Å². The fourth-order valence-electron chi connectivity index (χ4n) is 1.93. The average Bonchev–Trinajstić information content (AvgIpc) is 3.21. The van der Waals surface area contributed by atoms with Crippen LogP contribution in [0.5, 0.6) is 0 Å². The summed E-state index contributed by atoms with van der Waals surface area (Å²) in [5, 5.41) is 8.66. The van der Waals surface area contributed by atoms with Gasteiger partial charge >= 0.3 is 0 Å². The highest BCUT2D eigenvalue weighted by molar-refractivity contribution is 5.84. The van der Waals surface area contributed by atoms with Crippen molar-refractivity contribution >= 4 is 5.78 Å². The molecule has 0 bridgehead atoms. The maximum absolute atomic E-state index is 11.8. The largest absolute Gasteiger partial charge is 0.298 e. The Morgan fingerprint density at radius 2 is 2.39 bits per heavy atom. The van der Waals surface area contributed by atoms with Crippen molar-refractivity contribution in [2.24, 2.45) is 5.92 Å². The maximum Gasteiger partial charge on any atom is 0.149 e. The molecule has 1 heterocycles. The molecule has 0 amide bonds. The van der Waals surface area contributed by atoms with Crippen LogP contribution in [0.15, 0.2) is 24.5 Å². The van der Waals surface area contributed by atoms with Gasteiger partial charge in [0.15, 0.2) is 0 Å². The minimum Gasteiger partial charge on any atom is -0.298 e. The lowest BCUT2D eigenvalue weighted by Gasteiger charge is -2.20. The lowest BCUT2D eigenvalue weighted by molar-refractivity contribution is -0.121. The Labute approximate surface area is 107 Å². The summed E-state index contributed by atoms with van der Waals surface area (Å²) in [7, 11) is 0. The first-order valence-corrected chi connectivity index (χ1v) is 6.30. The van der Waals surface area contributed by atoms with E-state index in [0.29, 0.717) is 31.8 Å². The Morgan fingerprint density at radius 3 is 3.00 bits per heavy atom. The molecule has 2 rings (SSSR count). The molecule has 94 valence electrons. The molecule has 1 aliphatic rings. The van der Waals surface area contributed by atoms with Crippen LogP contribution in [0.4, 0.5) is 0 Å². The molecule has 0 aromatic carbocycles. The Balaban J connectivity index is 1.91. The number of rotatable bonds is 7. The molecular weight excluding hydrogens is 226 g/mol. The van der Waals surface area contributed by atoms with Gasteiger partial charge in [0.1, 0.15) is 5.78 Å². The number of hydrogen-bond acceptors (Lipinski definition) is 4. The van der Waals surface area contributed by atoms with Crippen LogP contribution in [-0.2, 0) is 11.3 Å². The highest BCUT2D eigenvalue weighted by atomic mass is 16.1. The van der Waals surface area contributed by atoms with E-state index in [1.165, 1.54) is 0 Å². The zero-order chi connectivity index (χ0) is 12.8. The quantitative estimate of drug-likeness (QED) is 0.732. The molecule has 0 atom stereocenters. The van der Waals surface area contributed by atoms with Crippen molar-refractivity contribution in [3.05, 3.63) is 30.1 Å². The molecule has 4 heteroatoms. The topological polar surface area (TPSA) is 57.0 Å². The van der Waals surface area contributed by atoms with Gasteiger partial charge < -0.3 is 0 Å². The van der Waals surface area contributed by atoms with Gasteiger partial charge in [-0.1, -0.05) is 6.07 Å². The molecule has 0 N–H and O–H groups in total. The van der Waals surface area contributed by atoms with E-state index in [4.69, 9.17) is 5.26 Å². The fraction of sp³-hybridized carbons (Fsp3) is 0.500. The van der Waals surface area contributed by atoms with Crippen molar-refractivity contribution in [1.82, 2.24) is 9.88 Å². The van der Waals surface area contributed by atoms with Gasteiger partial charge in [-0.15, -0.1) is 0 Å². The molecule has 1 aromatic rings. The van der Waals surface area contributed by atoms with Crippen molar-refractivity contribution < 1.29 is 4.79 Å². The van der Waals surface area contributed by atoms with Crippen LogP contribution >= 0.6 is 0 Å². The standard InChI is InChI=1S/C14H17N3O/c15-6-2-8-17(11-14(18)13-4-5-13)10-12-3-1-7-16-9-12/h1,3,7,9,13H,2,4-5,8,10-11H2. The van der Waals surface area contributed by atoms with E-state index in [-0.39, 0.29) is 5.92 Å². The first-order valence-electron chi connectivity index (χ1n) is 6.30. The van der Waals surface area contributed by atoms with Crippen LogP contribution in [0.3, 0.4) is 0 Å². The first-order chi connectivity index (χ1) is 8.79. The van der Waals surface area contributed by atoms with Gasteiger partial charge in [-0.3, -0.25) is 14.7 Å². The number of hydrogen-bond donors (Lipinski definition) is 0. The molecule has 18 heavy (non-hydrogen) atoms. The minimum absolute atomic E-state index is 0.281.